The second-order valence-electron chi connectivity index (χ2n) is 5.77. The second-order valence-corrected chi connectivity index (χ2v) is 5.77. The zero-order valence-electron chi connectivity index (χ0n) is 12.5. The highest BCUT2D eigenvalue weighted by Gasteiger charge is 2.19. The minimum absolute atomic E-state index is 0.00234. The van der Waals surface area contributed by atoms with Crippen molar-refractivity contribution in [3.05, 3.63) is 29.8 Å². The summed E-state index contributed by atoms with van der Waals surface area (Å²) in [7, 11) is 0. The van der Waals surface area contributed by atoms with Gasteiger partial charge in [0, 0.05) is 6.04 Å². The Labute approximate surface area is 121 Å². The zero-order valence-corrected chi connectivity index (χ0v) is 12.5. The van der Waals surface area contributed by atoms with Gasteiger partial charge in [-0.15, -0.1) is 0 Å². The predicted molar refractivity (Wildman–Crippen MR) is 80.9 cm³/mol. The molecular formula is C17H25NO2. The molecule has 2 rings (SSSR count). The molecule has 0 saturated heterocycles. The summed E-state index contributed by atoms with van der Waals surface area (Å²) in [6, 6.07) is 8.13. The number of rotatable bonds is 4. The van der Waals surface area contributed by atoms with Crippen LogP contribution in [0.3, 0.4) is 0 Å². The summed E-state index contributed by atoms with van der Waals surface area (Å²) in [5.41, 5.74) is 1.19. The summed E-state index contributed by atoms with van der Waals surface area (Å²) >= 11 is 0. The van der Waals surface area contributed by atoms with Gasteiger partial charge in [0.1, 0.15) is 5.75 Å². The summed E-state index contributed by atoms with van der Waals surface area (Å²) in [4.78, 5) is 12.2. The summed E-state index contributed by atoms with van der Waals surface area (Å²) in [6.07, 6.45) is 6.78. The van der Waals surface area contributed by atoms with E-state index in [9.17, 15) is 4.79 Å². The second kappa shape index (κ2) is 7.32. The van der Waals surface area contributed by atoms with Crippen LogP contribution in [0.15, 0.2) is 24.3 Å². The van der Waals surface area contributed by atoms with Gasteiger partial charge in [0.05, 0.1) is 0 Å². The van der Waals surface area contributed by atoms with E-state index < -0.39 is 6.10 Å². The zero-order chi connectivity index (χ0) is 14.4. The van der Waals surface area contributed by atoms with Crippen LogP contribution in [0.2, 0.25) is 0 Å². The van der Waals surface area contributed by atoms with Gasteiger partial charge in [-0.05, 0) is 38.8 Å². The molecule has 0 heterocycles. The number of carbonyl (C=O) groups is 1. The van der Waals surface area contributed by atoms with Crippen LogP contribution in [0.1, 0.15) is 51.0 Å². The molecule has 0 aliphatic heterocycles. The quantitative estimate of drug-likeness (QED) is 0.853. The molecule has 3 nitrogen and oxygen atoms in total. The fourth-order valence-corrected chi connectivity index (χ4v) is 2.62. The van der Waals surface area contributed by atoms with E-state index in [4.69, 9.17) is 4.74 Å². The molecular weight excluding hydrogens is 250 g/mol. The number of ether oxygens (including phenoxy) is 1. The number of amides is 1. The van der Waals surface area contributed by atoms with E-state index in [-0.39, 0.29) is 5.91 Å². The molecule has 110 valence electrons. The lowest BCUT2D eigenvalue weighted by Gasteiger charge is -2.20. The molecule has 20 heavy (non-hydrogen) atoms. The van der Waals surface area contributed by atoms with E-state index >= 15 is 0 Å². The van der Waals surface area contributed by atoms with E-state index in [2.05, 4.69) is 5.32 Å². The molecule has 1 aliphatic rings. The van der Waals surface area contributed by atoms with E-state index in [0.29, 0.717) is 6.04 Å². The standard InChI is InChI=1S/C17H25NO2/c1-13-9-11-16(12-10-13)20-14(2)17(19)18-15-7-5-3-4-6-8-15/h9-12,14-15H,3-8H2,1-2H3,(H,18,19)/t14-/m0/s1. The molecule has 0 unspecified atom stereocenters. The van der Waals surface area contributed by atoms with Crippen LogP contribution in [0, 0.1) is 6.92 Å². The number of nitrogens with one attached hydrogen (secondary N) is 1. The molecule has 0 bridgehead atoms. The van der Waals surface area contributed by atoms with Gasteiger partial charge in [0.15, 0.2) is 6.10 Å². The SMILES string of the molecule is Cc1ccc(O[C@@H](C)C(=O)NC2CCCCCC2)cc1. The third-order valence-electron chi connectivity index (χ3n) is 3.90. The fraction of sp³-hybridized carbons (Fsp3) is 0.588. The molecule has 1 saturated carbocycles. The lowest BCUT2D eigenvalue weighted by molar-refractivity contribution is -0.128. The Hall–Kier alpha value is -1.51. The summed E-state index contributed by atoms with van der Waals surface area (Å²) in [6.45, 7) is 3.85. The maximum absolute atomic E-state index is 12.2. The summed E-state index contributed by atoms with van der Waals surface area (Å²) < 4.78 is 5.69. The molecule has 1 amide bonds. The first-order valence-corrected chi connectivity index (χ1v) is 7.69. The van der Waals surface area contributed by atoms with Gasteiger partial charge in [0.2, 0.25) is 0 Å². The van der Waals surface area contributed by atoms with Gasteiger partial charge >= 0.3 is 0 Å². The fourth-order valence-electron chi connectivity index (χ4n) is 2.62. The van der Waals surface area contributed by atoms with E-state index in [1.54, 1.807) is 0 Å². The van der Waals surface area contributed by atoms with Crippen molar-refractivity contribution in [1.29, 1.82) is 0 Å². The molecule has 1 atom stereocenters. The molecule has 1 fully saturated rings. The minimum atomic E-state index is -0.444. The maximum Gasteiger partial charge on any atom is 0.260 e. The molecule has 1 aromatic carbocycles. The van der Waals surface area contributed by atoms with Crippen LogP contribution < -0.4 is 10.1 Å². The Bertz CT molecular complexity index is 419. The average Bonchev–Trinajstić information content (AvgIpc) is 2.70. The number of carbonyl (C=O) groups excluding carboxylic acids is 1. The first-order valence-electron chi connectivity index (χ1n) is 7.69. The molecule has 1 N–H and O–H groups in total. The minimum Gasteiger partial charge on any atom is -0.481 e. The molecule has 0 radical (unpaired) electrons. The van der Waals surface area contributed by atoms with Gasteiger partial charge in [-0.2, -0.15) is 0 Å². The van der Waals surface area contributed by atoms with E-state index in [1.165, 1.54) is 31.2 Å². The Kier molecular flexibility index (Phi) is 5.45. The molecule has 1 aliphatic carbocycles. The maximum atomic E-state index is 12.2. The van der Waals surface area contributed by atoms with Crippen LogP contribution in [-0.2, 0) is 4.79 Å². The summed E-state index contributed by atoms with van der Waals surface area (Å²) in [5, 5.41) is 3.13. The first kappa shape index (κ1) is 14.9. The third-order valence-corrected chi connectivity index (χ3v) is 3.90. The normalized spacial score (nSPS) is 18.1. The third kappa shape index (κ3) is 4.55. The van der Waals surface area contributed by atoms with Gasteiger partial charge in [-0.25, -0.2) is 0 Å². The number of hydrogen-bond donors (Lipinski definition) is 1. The van der Waals surface area contributed by atoms with Crippen LogP contribution in [0.4, 0.5) is 0 Å². The van der Waals surface area contributed by atoms with Crippen LogP contribution in [0.5, 0.6) is 5.75 Å². The Morgan fingerprint density at radius 1 is 1.15 bits per heavy atom. The van der Waals surface area contributed by atoms with Crippen molar-refractivity contribution in [1.82, 2.24) is 5.32 Å². The van der Waals surface area contributed by atoms with Crippen LogP contribution in [0.25, 0.3) is 0 Å². The molecule has 0 spiro atoms. The monoisotopic (exact) mass is 275 g/mol. The highest BCUT2D eigenvalue weighted by Crippen LogP contribution is 2.18. The van der Waals surface area contributed by atoms with Gasteiger partial charge in [-0.3, -0.25) is 4.79 Å². The van der Waals surface area contributed by atoms with Crippen LogP contribution >= 0.6 is 0 Å². The lowest BCUT2D eigenvalue weighted by Crippen LogP contribution is -2.42. The smallest absolute Gasteiger partial charge is 0.260 e. The Balaban J connectivity index is 1.83. The first-order chi connectivity index (χ1) is 9.65. The molecule has 0 aromatic heterocycles. The molecule has 1 aromatic rings. The number of hydrogen-bond acceptors (Lipinski definition) is 2. The van der Waals surface area contributed by atoms with Gasteiger partial charge in [0.25, 0.3) is 5.91 Å². The van der Waals surface area contributed by atoms with Crippen molar-refractivity contribution < 1.29 is 9.53 Å². The molecule has 3 heteroatoms. The van der Waals surface area contributed by atoms with Crippen molar-refractivity contribution >= 4 is 5.91 Å². The topological polar surface area (TPSA) is 38.3 Å². The Morgan fingerprint density at radius 2 is 1.75 bits per heavy atom. The number of benzene rings is 1. The van der Waals surface area contributed by atoms with E-state index in [0.717, 1.165) is 18.6 Å². The van der Waals surface area contributed by atoms with Crippen molar-refractivity contribution in [2.24, 2.45) is 0 Å². The van der Waals surface area contributed by atoms with Crippen molar-refractivity contribution in [2.45, 2.75) is 64.5 Å². The van der Waals surface area contributed by atoms with Crippen molar-refractivity contribution in [3.63, 3.8) is 0 Å². The summed E-state index contributed by atoms with van der Waals surface area (Å²) in [5.74, 6) is 0.747. The highest BCUT2D eigenvalue weighted by atomic mass is 16.5. The van der Waals surface area contributed by atoms with Crippen molar-refractivity contribution in [2.75, 3.05) is 0 Å². The van der Waals surface area contributed by atoms with Crippen molar-refractivity contribution in [3.8, 4) is 5.75 Å². The average molecular weight is 275 g/mol. The van der Waals surface area contributed by atoms with Crippen LogP contribution in [-0.4, -0.2) is 18.1 Å². The lowest BCUT2D eigenvalue weighted by atomic mass is 10.1. The largest absolute Gasteiger partial charge is 0.481 e. The van der Waals surface area contributed by atoms with Gasteiger partial charge < -0.3 is 10.1 Å². The highest BCUT2D eigenvalue weighted by molar-refractivity contribution is 5.81. The van der Waals surface area contributed by atoms with Gasteiger partial charge in [-0.1, -0.05) is 43.4 Å². The number of aryl methyl sites for hydroxylation is 1. The van der Waals surface area contributed by atoms with E-state index in [1.807, 2.05) is 38.1 Å². The predicted octanol–water partition coefficient (Wildman–Crippen LogP) is 3.60. The Morgan fingerprint density at radius 3 is 2.35 bits per heavy atom.